The molecule has 2 rings (SSSR count). The molecular formula is C12H15NO5S. The molecule has 0 aliphatic carbocycles. The number of nitrogens with zero attached hydrogens (tertiary/aromatic N) is 1. The first-order valence-corrected chi connectivity index (χ1v) is 7.47. The molecule has 1 aliphatic heterocycles. The number of methoxy groups -OCH3 is 1. The number of anilines is 1. The minimum absolute atomic E-state index is 0.00590. The summed E-state index contributed by atoms with van der Waals surface area (Å²) in [6.07, 6.45) is -0.0311. The van der Waals surface area contributed by atoms with E-state index in [4.69, 9.17) is 9.84 Å². The summed E-state index contributed by atoms with van der Waals surface area (Å²) in [5, 5.41) is 8.73. The van der Waals surface area contributed by atoms with Gasteiger partial charge < -0.3 is 14.7 Å². The zero-order chi connectivity index (χ0) is 14.0. The van der Waals surface area contributed by atoms with E-state index in [1.165, 1.54) is 13.2 Å². The van der Waals surface area contributed by atoms with Crippen LogP contribution in [0.25, 0.3) is 0 Å². The van der Waals surface area contributed by atoms with Crippen LogP contribution in [-0.4, -0.2) is 45.4 Å². The Morgan fingerprint density at radius 1 is 1.47 bits per heavy atom. The van der Waals surface area contributed by atoms with Gasteiger partial charge in [-0.2, -0.15) is 0 Å². The number of rotatable bonds is 4. The first-order chi connectivity index (χ1) is 8.94. The van der Waals surface area contributed by atoms with E-state index in [2.05, 4.69) is 0 Å². The summed E-state index contributed by atoms with van der Waals surface area (Å²) < 4.78 is 29.0. The Morgan fingerprint density at radius 2 is 2.21 bits per heavy atom. The van der Waals surface area contributed by atoms with Crippen molar-refractivity contribution >= 4 is 21.5 Å². The van der Waals surface area contributed by atoms with Crippen molar-refractivity contribution in [2.75, 3.05) is 30.9 Å². The fourth-order valence-corrected chi connectivity index (χ4v) is 3.52. The van der Waals surface area contributed by atoms with Crippen molar-refractivity contribution in [1.29, 1.82) is 0 Å². The fraction of sp³-hybridized carbons (Fsp3) is 0.417. The van der Waals surface area contributed by atoms with Gasteiger partial charge in [0.2, 0.25) is 0 Å². The maximum absolute atomic E-state index is 12.0. The first-order valence-electron chi connectivity index (χ1n) is 5.81. The number of carbonyl (C=O) groups is 1. The van der Waals surface area contributed by atoms with Gasteiger partial charge in [0, 0.05) is 19.2 Å². The Balaban J connectivity index is 2.39. The molecule has 1 heterocycles. The van der Waals surface area contributed by atoms with E-state index in [9.17, 15) is 13.2 Å². The van der Waals surface area contributed by atoms with E-state index < -0.39 is 15.8 Å². The van der Waals surface area contributed by atoms with E-state index in [0.29, 0.717) is 18.0 Å². The SMILES string of the molecule is COc1ccc2c(c1)N(CCC(=O)O)CCS2(=O)=O. The molecule has 104 valence electrons. The molecule has 0 saturated heterocycles. The molecule has 1 aliphatic rings. The molecule has 0 amide bonds. The van der Waals surface area contributed by atoms with E-state index in [-0.39, 0.29) is 23.6 Å². The number of hydrogen-bond acceptors (Lipinski definition) is 5. The number of carboxylic acid groups (broad SMARTS) is 1. The Bertz CT molecular complexity index is 596. The lowest BCUT2D eigenvalue weighted by molar-refractivity contribution is -0.136. The average Bonchev–Trinajstić information content (AvgIpc) is 2.37. The third-order valence-electron chi connectivity index (χ3n) is 3.07. The average molecular weight is 285 g/mol. The van der Waals surface area contributed by atoms with Crippen LogP contribution < -0.4 is 9.64 Å². The molecule has 19 heavy (non-hydrogen) atoms. The normalized spacial score (nSPS) is 16.8. The van der Waals surface area contributed by atoms with E-state index in [1.54, 1.807) is 17.0 Å². The summed E-state index contributed by atoms with van der Waals surface area (Å²) in [5.41, 5.74) is 0.520. The quantitative estimate of drug-likeness (QED) is 0.879. The van der Waals surface area contributed by atoms with Crippen LogP contribution in [0.3, 0.4) is 0 Å². The molecule has 7 heteroatoms. The lowest BCUT2D eigenvalue weighted by Gasteiger charge is -2.30. The van der Waals surface area contributed by atoms with Gasteiger partial charge in [0.05, 0.1) is 29.9 Å². The third-order valence-corrected chi connectivity index (χ3v) is 4.80. The van der Waals surface area contributed by atoms with Crippen molar-refractivity contribution in [2.24, 2.45) is 0 Å². The summed E-state index contributed by atoms with van der Waals surface area (Å²) in [7, 11) is -1.78. The molecule has 1 aromatic rings. The highest BCUT2D eigenvalue weighted by atomic mass is 32.2. The third kappa shape index (κ3) is 2.81. The molecular weight excluding hydrogens is 270 g/mol. The number of ether oxygens (including phenoxy) is 1. The van der Waals surface area contributed by atoms with Crippen molar-refractivity contribution < 1.29 is 23.1 Å². The van der Waals surface area contributed by atoms with Gasteiger partial charge in [0.15, 0.2) is 9.84 Å². The molecule has 0 radical (unpaired) electrons. The zero-order valence-electron chi connectivity index (χ0n) is 10.5. The monoisotopic (exact) mass is 285 g/mol. The Morgan fingerprint density at radius 3 is 2.84 bits per heavy atom. The summed E-state index contributed by atoms with van der Waals surface area (Å²) >= 11 is 0. The smallest absolute Gasteiger partial charge is 0.305 e. The van der Waals surface area contributed by atoms with Gasteiger partial charge in [-0.25, -0.2) is 8.42 Å². The van der Waals surface area contributed by atoms with Crippen LogP contribution in [-0.2, 0) is 14.6 Å². The van der Waals surface area contributed by atoms with Gasteiger partial charge >= 0.3 is 5.97 Å². The van der Waals surface area contributed by atoms with Gasteiger partial charge in [0.1, 0.15) is 5.75 Å². The highest BCUT2D eigenvalue weighted by Gasteiger charge is 2.28. The second-order valence-corrected chi connectivity index (χ2v) is 6.36. The van der Waals surface area contributed by atoms with Crippen LogP contribution >= 0.6 is 0 Å². The second kappa shape index (κ2) is 5.08. The van der Waals surface area contributed by atoms with Gasteiger partial charge in [-0.1, -0.05) is 0 Å². The van der Waals surface area contributed by atoms with Crippen molar-refractivity contribution in [3.05, 3.63) is 18.2 Å². The van der Waals surface area contributed by atoms with Gasteiger partial charge in [-0.05, 0) is 12.1 Å². The summed E-state index contributed by atoms with van der Waals surface area (Å²) in [5.74, 6) is -0.347. The fourth-order valence-electron chi connectivity index (χ4n) is 2.06. The standard InChI is InChI=1S/C12H15NO5S/c1-18-9-2-3-11-10(8-9)13(5-4-12(14)15)6-7-19(11,16)17/h2-3,8H,4-7H2,1H3,(H,14,15). The van der Waals surface area contributed by atoms with Crippen molar-refractivity contribution in [3.63, 3.8) is 0 Å². The predicted octanol–water partition coefficient (Wildman–Crippen LogP) is 0.764. The zero-order valence-corrected chi connectivity index (χ0v) is 11.3. The topological polar surface area (TPSA) is 83.9 Å². The van der Waals surface area contributed by atoms with Crippen LogP contribution in [0.4, 0.5) is 5.69 Å². The molecule has 6 nitrogen and oxygen atoms in total. The Kier molecular flexibility index (Phi) is 3.66. The number of sulfone groups is 1. The maximum Gasteiger partial charge on any atom is 0.305 e. The second-order valence-electron chi connectivity index (χ2n) is 4.28. The molecule has 0 atom stereocenters. The molecule has 0 bridgehead atoms. The van der Waals surface area contributed by atoms with E-state index in [0.717, 1.165) is 0 Å². The summed E-state index contributed by atoms with van der Waals surface area (Å²) in [6, 6.07) is 4.74. The maximum atomic E-state index is 12.0. The van der Waals surface area contributed by atoms with Gasteiger partial charge in [-0.3, -0.25) is 4.79 Å². The predicted molar refractivity (Wildman–Crippen MR) is 69.5 cm³/mol. The minimum atomic E-state index is -3.28. The molecule has 0 saturated carbocycles. The number of benzene rings is 1. The van der Waals surface area contributed by atoms with Crippen molar-refractivity contribution in [3.8, 4) is 5.75 Å². The van der Waals surface area contributed by atoms with Gasteiger partial charge in [0.25, 0.3) is 0 Å². The first kappa shape index (κ1) is 13.7. The largest absolute Gasteiger partial charge is 0.497 e. The summed E-state index contributed by atoms with van der Waals surface area (Å²) in [6.45, 7) is 0.584. The van der Waals surface area contributed by atoms with E-state index in [1.807, 2.05) is 0 Å². The molecule has 1 N–H and O–H groups in total. The lowest BCUT2D eigenvalue weighted by atomic mass is 10.2. The van der Waals surface area contributed by atoms with Crippen LogP contribution in [0.15, 0.2) is 23.1 Å². The van der Waals surface area contributed by atoms with Crippen LogP contribution in [0, 0.1) is 0 Å². The van der Waals surface area contributed by atoms with Crippen molar-refractivity contribution in [2.45, 2.75) is 11.3 Å². The summed E-state index contributed by atoms with van der Waals surface area (Å²) in [4.78, 5) is 12.6. The number of hydrogen-bond donors (Lipinski definition) is 1. The molecule has 0 spiro atoms. The highest BCUT2D eigenvalue weighted by Crippen LogP contribution is 2.33. The van der Waals surface area contributed by atoms with Crippen molar-refractivity contribution in [1.82, 2.24) is 0 Å². The van der Waals surface area contributed by atoms with Crippen LogP contribution in [0.2, 0.25) is 0 Å². The molecule has 0 aromatic heterocycles. The molecule has 1 aromatic carbocycles. The number of carboxylic acids is 1. The molecule has 0 unspecified atom stereocenters. The lowest BCUT2D eigenvalue weighted by Crippen LogP contribution is -2.36. The van der Waals surface area contributed by atoms with Gasteiger partial charge in [-0.15, -0.1) is 0 Å². The number of fused-ring (bicyclic) bond motifs is 1. The minimum Gasteiger partial charge on any atom is -0.497 e. The number of aliphatic carboxylic acids is 1. The Labute approximate surface area is 111 Å². The van der Waals surface area contributed by atoms with E-state index >= 15 is 0 Å². The van der Waals surface area contributed by atoms with Crippen LogP contribution in [0.1, 0.15) is 6.42 Å². The highest BCUT2D eigenvalue weighted by molar-refractivity contribution is 7.91. The van der Waals surface area contributed by atoms with Crippen LogP contribution in [0.5, 0.6) is 5.75 Å². The molecule has 0 fully saturated rings. The Hall–Kier alpha value is -1.76.